The monoisotopic (exact) mass is 336 g/mol. The number of carbonyl (C=O) groups is 2. The van der Waals surface area contributed by atoms with E-state index in [1.807, 2.05) is 27.7 Å². The zero-order chi connectivity index (χ0) is 18.3. The van der Waals surface area contributed by atoms with E-state index >= 15 is 0 Å². The first-order valence-corrected chi connectivity index (χ1v) is 7.77. The number of carboxylic acids is 1. The van der Waals surface area contributed by atoms with E-state index in [0.29, 0.717) is 18.2 Å². The van der Waals surface area contributed by atoms with E-state index in [-0.39, 0.29) is 17.6 Å². The molecule has 0 saturated carbocycles. The van der Waals surface area contributed by atoms with Crippen LogP contribution in [-0.4, -0.2) is 44.0 Å². The van der Waals surface area contributed by atoms with E-state index in [1.165, 1.54) is 0 Å². The van der Waals surface area contributed by atoms with Crippen molar-refractivity contribution < 1.29 is 19.4 Å². The Bertz CT molecular complexity index is 673. The highest BCUT2D eigenvalue weighted by atomic mass is 16.5. The number of aromatic carboxylic acids is 1. The number of carboxylic acid groups (broad SMARTS) is 1. The molecule has 0 saturated heterocycles. The molecule has 0 unspecified atom stereocenters. The van der Waals surface area contributed by atoms with Gasteiger partial charge in [-0.15, -0.1) is 0 Å². The summed E-state index contributed by atoms with van der Waals surface area (Å²) >= 11 is 0. The van der Waals surface area contributed by atoms with E-state index in [9.17, 15) is 9.59 Å². The van der Waals surface area contributed by atoms with Crippen LogP contribution in [0.15, 0.2) is 12.1 Å². The number of hydrogen-bond acceptors (Lipinski definition) is 5. The molecule has 0 aliphatic carbocycles. The highest BCUT2D eigenvalue weighted by Crippen LogP contribution is 2.12. The maximum absolute atomic E-state index is 11.2. The minimum Gasteiger partial charge on any atom is -0.476 e. The first-order valence-electron chi connectivity index (χ1n) is 7.77. The molecule has 0 atom stereocenters. The number of nitrogens with zero attached hydrogens (tertiary/aromatic N) is 2. The van der Waals surface area contributed by atoms with Gasteiger partial charge in [0.15, 0.2) is 11.4 Å². The summed E-state index contributed by atoms with van der Waals surface area (Å²) in [5.41, 5.74) is 2.23. The summed E-state index contributed by atoms with van der Waals surface area (Å²) in [5, 5.41) is 21.4. The van der Waals surface area contributed by atoms with Gasteiger partial charge in [0, 0.05) is 11.4 Å². The van der Waals surface area contributed by atoms with Gasteiger partial charge in [0.25, 0.3) is 0 Å². The van der Waals surface area contributed by atoms with Crippen molar-refractivity contribution in [2.45, 2.75) is 46.5 Å². The molecule has 0 aliphatic rings. The third-order valence-electron chi connectivity index (χ3n) is 3.14. The lowest BCUT2D eigenvalue weighted by atomic mass is 10.1. The number of aromatic nitrogens is 4. The van der Waals surface area contributed by atoms with Crippen molar-refractivity contribution in [2.24, 2.45) is 0 Å². The Morgan fingerprint density at radius 2 is 1.50 bits per heavy atom. The Kier molecular flexibility index (Phi) is 7.16. The van der Waals surface area contributed by atoms with Crippen molar-refractivity contribution in [3.63, 3.8) is 0 Å². The molecule has 0 radical (unpaired) electrons. The number of hydrogen-bond donors (Lipinski definition) is 3. The summed E-state index contributed by atoms with van der Waals surface area (Å²) in [6.07, 6.45) is 0. The van der Waals surface area contributed by atoms with Crippen LogP contribution in [-0.2, 0) is 4.74 Å². The predicted molar refractivity (Wildman–Crippen MR) is 88.3 cm³/mol. The number of aromatic amines is 2. The second-order valence-electron chi connectivity index (χ2n) is 5.75. The average Bonchev–Trinajstić information content (AvgIpc) is 3.18. The fourth-order valence-corrected chi connectivity index (χ4v) is 1.68. The second-order valence-corrected chi connectivity index (χ2v) is 5.75. The Hall–Kier alpha value is -2.64. The van der Waals surface area contributed by atoms with Crippen LogP contribution in [0.5, 0.6) is 0 Å². The normalized spacial score (nSPS) is 10.5. The van der Waals surface area contributed by atoms with Crippen molar-refractivity contribution in [3.05, 3.63) is 34.9 Å². The zero-order valence-corrected chi connectivity index (χ0v) is 14.6. The van der Waals surface area contributed by atoms with Gasteiger partial charge in [-0.3, -0.25) is 10.2 Å². The summed E-state index contributed by atoms with van der Waals surface area (Å²) in [6, 6.07) is 3.27. The summed E-state index contributed by atoms with van der Waals surface area (Å²) in [5.74, 6) is -0.731. The summed E-state index contributed by atoms with van der Waals surface area (Å²) in [4.78, 5) is 21.5. The molecule has 8 nitrogen and oxygen atoms in total. The van der Waals surface area contributed by atoms with Crippen LogP contribution in [0.25, 0.3) is 0 Å². The highest BCUT2D eigenvalue weighted by molar-refractivity contribution is 5.87. The molecule has 2 aromatic heterocycles. The van der Waals surface area contributed by atoms with E-state index in [2.05, 4.69) is 20.4 Å². The molecule has 132 valence electrons. The van der Waals surface area contributed by atoms with Gasteiger partial charge < -0.3 is 9.84 Å². The minimum atomic E-state index is -0.992. The van der Waals surface area contributed by atoms with Crippen LogP contribution in [0.1, 0.15) is 78.8 Å². The van der Waals surface area contributed by atoms with Crippen molar-refractivity contribution in [3.8, 4) is 0 Å². The van der Waals surface area contributed by atoms with Gasteiger partial charge in [0.05, 0.1) is 6.61 Å². The molecule has 0 aromatic carbocycles. The number of nitrogens with one attached hydrogen (secondary N) is 2. The second kappa shape index (κ2) is 8.85. The molecule has 8 heteroatoms. The van der Waals surface area contributed by atoms with Gasteiger partial charge in [0.1, 0.15) is 0 Å². The Labute approximate surface area is 140 Å². The van der Waals surface area contributed by atoms with E-state index in [1.54, 1.807) is 19.1 Å². The van der Waals surface area contributed by atoms with Crippen LogP contribution < -0.4 is 0 Å². The van der Waals surface area contributed by atoms with Crippen LogP contribution in [0, 0.1) is 0 Å². The summed E-state index contributed by atoms with van der Waals surface area (Å²) < 4.78 is 4.80. The molecule has 0 bridgehead atoms. The SMILES string of the molecule is CC(C)c1cc(C(=O)O)n[nH]1.CCOC(=O)c1cc(C(C)C)[nH]n1. The lowest BCUT2D eigenvalue weighted by molar-refractivity contribution is 0.0519. The number of H-pyrrole nitrogens is 2. The first-order chi connectivity index (χ1) is 11.3. The topological polar surface area (TPSA) is 121 Å². The number of rotatable bonds is 5. The Balaban J connectivity index is 0.000000243. The van der Waals surface area contributed by atoms with E-state index in [4.69, 9.17) is 9.84 Å². The standard InChI is InChI=1S/C9H14N2O2.C7H10N2O2/c1-4-13-9(12)8-5-7(6(2)3)10-11-8;1-4(2)5-3-6(7(10)11)9-8-5/h5-6H,4H2,1-3H3,(H,10,11);3-4H,1-2H3,(H,8,9)(H,10,11). The summed E-state index contributed by atoms with van der Waals surface area (Å²) in [7, 11) is 0. The van der Waals surface area contributed by atoms with Crippen LogP contribution in [0.4, 0.5) is 0 Å². The Morgan fingerprint density at radius 1 is 1.04 bits per heavy atom. The van der Waals surface area contributed by atoms with Crippen LogP contribution in [0.2, 0.25) is 0 Å². The molecule has 0 aliphatic heterocycles. The number of ether oxygens (including phenoxy) is 1. The fourth-order valence-electron chi connectivity index (χ4n) is 1.68. The summed E-state index contributed by atoms with van der Waals surface area (Å²) in [6.45, 7) is 10.2. The largest absolute Gasteiger partial charge is 0.476 e. The molecule has 0 spiro atoms. The molecule has 2 aromatic rings. The van der Waals surface area contributed by atoms with E-state index < -0.39 is 5.97 Å². The molecular formula is C16H24N4O4. The van der Waals surface area contributed by atoms with Crippen molar-refractivity contribution in [1.29, 1.82) is 0 Å². The van der Waals surface area contributed by atoms with Crippen LogP contribution >= 0.6 is 0 Å². The predicted octanol–water partition coefficient (Wildman–Crippen LogP) is 2.94. The number of esters is 1. The smallest absolute Gasteiger partial charge is 0.358 e. The van der Waals surface area contributed by atoms with Gasteiger partial charge in [-0.1, -0.05) is 27.7 Å². The third-order valence-corrected chi connectivity index (χ3v) is 3.14. The maximum Gasteiger partial charge on any atom is 0.358 e. The maximum atomic E-state index is 11.2. The molecule has 2 rings (SSSR count). The number of carbonyl (C=O) groups excluding carboxylic acids is 1. The lowest BCUT2D eigenvalue weighted by Gasteiger charge is -1.97. The van der Waals surface area contributed by atoms with Crippen molar-refractivity contribution >= 4 is 11.9 Å². The van der Waals surface area contributed by atoms with Gasteiger partial charge >= 0.3 is 11.9 Å². The molecule has 0 fully saturated rings. The fraction of sp³-hybridized carbons (Fsp3) is 0.500. The average molecular weight is 336 g/mol. The third kappa shape index (κ3) is 5.53. The van der Waals surface area contributed by atoms with Crippen molar-refractivity contribution in [2.75, 3.05) is 6.61 Å². The van der Waals surface area contributed by atoms with E-state index in [0.717, 1.165) is 11.4 Å². The highest BCUT2D eigenvalue weighted by Gasteiger charge is 2.12. The zero-order valence-electron chi connectivity index (χ0n) is 14.6. The van der Waals surface area contributed by atoms with Crippen LogP contribution in [0.3, 0.4) is 0 Å². The Morgan fingerprint density at radius 3 is 1.83 bits per heavy atom. The lowest BCUT2D eigenvalue weighted by Crippen LogP contribution is -2.04. The van der Waals surface area contributed by atoms with Gasteiger partial charge in [-0.25, -0.2) is 9.59 Å². The first kappa shape index (κ1) is 19.4. The van der Waals surface area contributed by atoms with Gasteiger partial charge in [-0.2, -0.15) is 10.2 Å². The quantitative estimate of drug-likeness (QED) is 0.722. The molecule has 2 heterocycles. The van der Waals surface area contributed by atoms with Gasteiger partial charge in [-0.05, 0) is 30.9 Å². The molecular weight excluding hydrogens is 312 g/mol. The minimum absolute atomic E-state index is 0.0775. The molecule has 3 N–H and O–H groups in total. The molecule has 24 heavy (non-hydrogen) atoms. The van der Waals surface area contributed by atoms with Crippen molar-refractivity contribution in [1.82, 2.24) is 20.4 Å². The van der Waals surface area contributed by atoms with Gasteiger partial charge in [0.2, 0.25) is 0 Å². The molecule has 0 amide bonds.